The second-order valence-corrected chi connectivity index (χ2v) is 9.64. The molecule has 0 fully saturated rings. The molecule has 7 nitrogen and oxygen atoms in total. The van der Waals surface area contributed by atoms with E-state index in [0.717, 1.165) is 17.5 Å². The molecule has 0 bridgehead atoms. The number of ether oxygens (including phenoxy) is 3. The Bertz CT molecular complexity index is 785. The number of nitrogens with one attached hydrogen (secondary N) is 1. The largest absolute Gasteiger partial charge is 0.468 e. The first-order valence-electron chi connectivity index (χ1n) is 11.0. The molecule has 7 heteroatoms. The van der Waals surface area contributed by atoms with Crippen molar-refractivity contribution in [3.63, 3.8) is 0 Å². The lowest BCUT2D eigenvalue weighted by molar-refractivity contribution is -0.147. The van der Waals surface area contributed by atoms with Crippen molar-refractivity contribution in [1.82, 2.24) is 5.32 Å². The van der Waals surface area contributed by atoms with Gasteiger partial charge in [-0.2, -0.15) is 0 Å². The summed E-state index contributed by atoms with van der Waals surface area (Å²) in [5, 5.41) is 2.60. The molecule has 32 heavy (non-hydrogen) atoms. The molecular weight excluding hydrogens is 410 g/mol. The van der Waals surface area contributed by atoms with Gasteiger partial charge in [0.15, 0.2) is 0 Å². The molecule has 1 N–H and O–H groups in total. The number of hydrogen-bond donors (Lipinski definition) is 1. The summed E-state index contributed by atoms with van der Waals surface area (Å²) in [6, 6.07) is 7.11. The number of amides is 1. The highest BCUT2D eigenvalue weighted by Gasteiger charge is 2.36. The number of alkyl carbamates (subject to hydrolysis) is 1. The highest BCUT2D eigenvalue weighted by atomic mass is 16.6. The Balaban J connectivity index is 2.78. The molecule has 0 aliphatic rings. The van der Waals surface area contributed by atoms with Gasteiger partial charge in [0.25, 0.3) is 0 Å². The van der Waals surface area contributed by atoms with Crippen LogP contribution in [0.1, 0.15) is 71.4 Å². The van der Waals surface area contributed by atoms with Crippen LogP contribution in [0.2, 0.25) is 0 Å². The van der Waals surface area contributed by atoms with E-state index in [4.69, 9.17) is 14.2 Å². The number of rotatable bonds is 10. The number of hydrogen-bond acceptors (Lipinski definition) is 6. The fraction of sp³-hybridized carbons (Fsp3) is 0.640. The number of methoxy groups -OCH3 is 2. The van der Waals surface area contributed by atoms with E-state index in [1.54, 1.807) is 20.8 Å². The van der Waals surface area contributed by atoms with Crippen LogP contribution in [0.4, 0.5) is 4.79 Å². The van der Waals surface area contributed by atoms with Gasteiger partial charge in [0.1, 0.15) is 11.6 Å². The number of benzene rings is 1. The summed E-state index contributed by atoms with van der Waals surface area (Å²) >= 11 is 0. The summed E-state index contributed by atoms with van der Waals surface area (Å²) < 4.78 is 15.2. The lowest BCUT2D eigenvalue weighted by Gasteiger charge is -2.29. The first-order chi connectivity index (χ1) is 14.8. The normalized spacial score (nSPS) is 15.1. The Kier molecular flexibility index (Phi) is 10.2. The van der Waals surface area contributed by atoms with Gasteiger partial charge in [-0.25, -0.2) is 9.59 Å². The minimum absolute atomic E-state index is 0.205. The second kappa shape index (κ2) is 11.9. The van der Waals surface area contributed by atoms with Crippen molar-refractivity contribution in [3.05, 3.63) is 35.4 Å². The molecule has 3 unspecified atom stereocenters. The summed E-state index contributed by atoms with van der Waals surface area (Å²) in [4.78, 5) is 36.9. The molecule has 0 aromatic heterocycles. The SMILES string of the molecule is COC(=O)C(CCC(C)CCC(C)(C(=O)OC)c1cccc(C)c1)NC(=O)OC(C)(C)C. The van der Waals surface area contributed by atoms with Crippen molar-refractivity contribution >= 4 is 18.0 Å². The average Bonchev–Trinajstić information content (AvgIpc) is 2.72. The van der Waals surface area contributed by atoms with E-state index in [1.807, 2.05) is 38.1 Å². The Hall–Kier alpha value is -2.57. The maximum Gasteiger partial charge on any atom is 0.408 e. The summed E-state index contributed by atoms with van der Waals surface area (Å²) in [6.45, 7) is 11.2. The van der Waals surface area contributed by atoms with Crippen LogP contribution in [0.15, 0.2) is 24.3 Å². The number of esters is 2. The third-order valence-corrected chi connectivity index (χ3v) is 5.55. The van der Waals surface area contributed by atoms with Crippen LogP contribution in [0.3, 0.4) is 0 Å². The van der Waals surface area contributed by atoms with E-state index in [1.165, 1.54) is 14.2 Å². The van der Waals surface area contributed by atoms with E-state index in [9.17, 15) is 14.4 Å². The topological polar surface area (TPSA) is 90.9 Å². The molecule has 1 aromatic carbocycles. The average molecular weight is 450 g/mol. The van der Waals surface area contributed by atoms with Gasteiger partial charge < -0.3 is 19.5 Å². The van der Waals surface area contributed by atoms with Crippen LogP contribution < -0.4 is 5.32 Å². The van der Waals surface area contributed by atoms with Crippen molar-refractivity contribution in [2.75, 3.05) is 14.2 Å². The molecule has 0 saturated carbocycles. The first-order valence-corrected chi connectivity index (χ1v) is 11.0. The van der Waals surface area contributed by atoms with Crippen LogP contribution in [0, 0.1) is 12.8 Å². The van der Waals surface area contributed by atoms with Gasteiger partial charge in [0, 0.05) is 0 Å². The maximum atomic E-state index is 12.6. The third kappa shape index (κ3) is 8.52. The van der Waals surface area contributed by atoms with Gasteiger partial charge in [0.05, 0.1) is 19.6 Å². The van der Waals surface area contributed by atoms with Gasteiger partial charge >= 0.3 is 18.0 Å². The highest BCUT2D eigenvalue weighted by Crippen LogP contribution is 2.33. The molecular formula is C25H39NO6. The zero-order valence-corrected chi connectivity index (χ0v) is 20.7. The fourth-order valence-electron chi connectivity index (χ4n) is 3.55. The van der Waals surface area contributed by atoms with Crippen LogP contribution >= 0.6 is 0 Å². The molecule has 0 aliphatic carbocycles. The van der Waals surface area contributed by atoms with Crippen LogP contribution in [0.25, 0.3) is 0 Å². The summed E-state index contributed by atoms with van der Waals surface area (Å²) in [7, 11) is 2.70. The minimum atomic E-state index is -0.791. The van der Waals surface area contributed by atoms with Gasteiger partial charge in [-0.15, -0.1) is 0 Å². The Morgan fingerprint density at radius 1 is 1.00 bits per heavy atom. The third-order valence-electron chi connectivity index (χ3n) is 5.55. The smallest absolute Gasteiger partial charge is 0.408 e. The predicted molar refractivity (Wildman–Crippen MR) is 123 cm³/mol. The van der Waals surface area contributed by atoms with Crippen molar-refractivity contribution in [2.45, 2.75) is 84.3 Å². The van der Waals surface area contributed by atoms with Crippen LogP contribution in [-0.2, 0) is 29.2 Å². The van der Waals surface area contributed by atoms with Crippen LogP contribution in [-0.4, -0.2) is 43.9 Å². The quantitative estimate of drug-likeness (QED) is 0.412. The zero-order valence-electron chi connectivity index (χ0n) is 20.7. The molecule has 0 radical (unpaired) electrons. The Morgan fingerprint density at radius 2 is 1.66 bits per heavy atom. The highest BCUT2D eigenvalue weighted by molar-refractivity contribution is 5.83. The Labute approximate surface area is 192 Å². The molecule has 0 saturated heterocycles. The second-order valence-electron chi connectivity index (χ2n) is 9.64. The van der Waals surface area contributed by atoms with Gasteiger partial charge in [-0.05, 0) is 71.8 Å². The minimum Gasteiger partial charge on any atom is -0.468 e. The molecule has 180 valence electrons. The first kappa shape index (κ1) is 27.5. The van der Waals surface area contributed by atoms with E-state index in [2.05, 4.69) is 12.2 Å². The van der Waals surface area contributed by atoms with E-state index >= 15 is 0 Å². The van der Waals surface area contributed by atoms with Crippen molar-refractivity contribution < 1.29 is 28.6 Å². The van der Waals surface area contributed by atoms with Crippen molar-refractivity contribution in [1.29, 1.82) is 0 Å². The number of carbonyl (C=O) groups excluding carboxylic acids is 3. The number of carbonyl (C=O) groups is 3. The summed E-state index contributed by atoms with van der Waals surface area (Å²) in [6.07, 6.45) is 1.78. The van der Waals surface area contributed by atoms with Crippen molar-refractivity contribution in [2.24, 2.45) is 5.92 Å². The van der Waals surface area contributed by atoms with Crippen molar-refractivity contribution in [3.8, 4) is 0 Å². The number of aryl methyl sites for hydroxylation is 1. The van der Waals surface area contributed by atoms with Gasteiger partial charge in [-0.3, -0.25) is 4.79 Å². The summed E-state index contributed by atoms with van der Waals surface area (Å²) in [5.41, 5.74) is 0.591. The van der Waals surface area contributed by atoms with Crippen LogP contribution in [0.5, 0.6) is 0 Å². The lowest BCUT2D eigenvalue weighted by atomic mass is 9.76. The molecule has 1 aromatic rings. The molecule has 3 atom stereocenters. The van der Waals surface area contributed by atoms with E-state index < -0.39 is 29.1 Å². The summed E-state index contributed by atoms with van der Waals surface area (Å²) in [5.74, 6) is -0.576. The van der Waals surface area contributed by atoms with Gasteiger partial charge in [0.2, 0.25) is 0 Å². The molecule has 0 heterocycles. The standard InChI is InChI=1S/C25H39NO6/c1-17(12-13-20(21(27)30-7)26-23(29)32-24(3,4)5)14-15-25(6,22(28)31-8)19-11-9-10-18(2)16-19/h9-11,16-17,20H,12-15H2,1-8H3,(H,26,29). The Morgan fingerprint density at radius 3 is 2.19 bits per heavy atom. The molecule has 0 spiro atoms. The molecule has 0 aliphatic heterocycles. The molecule has 1 rings (SSSR count). The predicted octanol–water partition coefficient (Wildman–Crippen LogP) is 4.69. The zero-order chi connectivity index (χ0) is 24.5. The maximum absolute atomic E-state index is 12.6. The lowest BCUT2D eigenvalue weighted by Crippen LogP contribution is -2.44. The van der Waals surface area contributed by atoms with E-state index in [-0.39, 0.29) is 11.9 Å². The molecule has 1 amide bonds. The van der Waals surface area contributed by atoms with Gasteiger partial charge in [-0.1, -0.05) is 36.8 Å². The monoisotopic (exact) mass is 449 g/mol. The fourth-order valence-corrected chi connectivity index (χ4v) is 3.55. The van der Waals surface area contributed by atoms with E-state index in [0.29, 0.717) is 19.3 Å².